The zero-order valence-electron chi connectivity index (χ0n) is 16.3. The highest BCUT2D eigenvalue weighted by molar-refractivity contribution is 5.95. The number of carbonyl (C=O) groups is 3. The molecule has 0 atom stereocenters. The first kappa shape index (κ1) is 22.3. The molecule has 10 heteroatoms. The van der Waals surface area contributed by atoms with Crippen LogP contribution >= 0.6 is 0 Å². The molecule has 0 spiro atoms. The van der Waals surface area contributed by atoms with E-state index >= 15 is 0 Å². The lowest BCUT2D eigenvalue weighted by Gasteiger charge is -2.09. The van der Waals surface area contributed by atoms with Crippen molar-refractivity contribution in [1.82, 2.24) is 0 Å². The molecule has 10 nitrogen and oxygen atoms in total. The standard InChI is InChI=1S/C20H21N3O7/c1-29-15-10-11-17(23(27)28)16(12-15)22-19(25)13-30-20(26)9-5-8-18(24)21-14-6-3-2-4-7-14/h2-4,6-7,10-12H,5,8-9,13H2,1H3,(H,21,24)(H,22,25). The second kappa shape index (κ2) is 11.1. The van der Waals surface area contributed by atoms with Gasteiger partial charge in [0, 0.05) is 30.7 Å². The van der Waals surface area contributed by atoms with Gasteiger partial charge in [-0.2, -0.15) is 0 Å². The Morgan fingerprint density at radius 2 is 1.73 bits per heavy atom. The van der Waals surface area contributed by atoms with E-state index in [0.717, 1.165) is 0 Å². The molecule has 2 rings (SSSR count). The lowest BCUT2D eigenvalue weighted by atomic mass is 10.2. The molecule has 0 saturated carbocycles. The van der Waals surface area contributed by atoms with Crippen LogP contribution < -0.4 is 15.4 Å². The van der Waals surface area contributed by atoms with Gasteiger partial charge in [0.2, 0.25) is 5.91 Å². The molecule has 0 unspecified atom stereocenters. The fourth-order valence-corrected chi connectivity index (χ4v) is 2.44. The summed E-state index contributed by atoms with van der Waals surface area (Å²) in [7, 11) is 1.38. The highest BCUT2D eigenvalue weighted by Gasteiger charge is 2.18. The van der Waals surface area contributed by atoms with Gasteiger partial charge in [-0.15, -0.1) is 0 Å². The minimum Gasteiger partial charge on any atom is -0.497 e. The number of rotatable bonds is 10. The molecule has 0 aromatic heterocycles. The minimum absolute atomic E-state index is 0.0468. The topological polar surface area (TPSA) is 137 Å². The Morgan fingerprint density at radius 1 is 1.00 bits per heavy atom. The summed E-state index contributed by atoms with van der Waals surface area (Å²) in [6.07, 6.45) is 0.321. The Bertz CT molecular complexity index is 916. The molecular weight excluding hydrogens is 394 g/mol. The molecule has 0 radical (unpaired) electrons. The predicted octanol–water partition coefficient (Wildman–Crippen LogP) is 2.89. The lowest BCUT2D eigenvalue weighted by Crippen LogP contribution is -2.21. The summed E-state index contributed by atoms with van der Waals surface area (Å²) in [6, 6.07) is 12.8. The average Bonchev–Trinajstić information content (AvgIpc) is 2.72. The maximum atomic E-state index is 12.0. The molecule has 30 heavy (non-hydrogen) atoms. The van der Waals surface area contributed by atoms with Gasteiger partial charge in [0.1, 0.15) is 11.4 Å². The van der Waals surface area contributed by atoms with Crippen LogP contribution in [0.4, 0.5) is 17.1 Å². The van der Waals surface area contributed by atoms with Gasteiger partial charge in [-0.3, -0.25) is 24.5 Å². The van der Waals surface area contributed by atoms with Crippen molar-refractivity contribution in [3.63, 3.8) is 0 Å². The fraction of sp³-hybridized carbons (Fsp3) is 0.250. The number of amides is 2. The SMILES string of the molecule is COc1ccc([N+](=O)[O-])c(NC(=O)COC(=O)CCCC(=O)Nc2ccccc2)c1. The number of ether oxygens (including phenoxy) is 2. The van der Waals surface area contributed by atoms with Crippen molar-refractivity contribution in [3.8, 4) is 5.75 Å². The van der Waals surface area contributed by atoms with Crippen LogP contribution in [-0.2, 0) is 19.1 Å². The lowest BCUT2D eigenvalue weighted by molar-refractivity contribution is -0.383. The summed E-state index contributed by atoms with van der Waals surface area (Å²) >= 11 is 0. The largest absolute Gasteiger partial charge is 0.497 e. The van der Waals surface area contributed by atoms with E-state index in [-0.39, 0.29) is 36.5 Å². The van der Waals surface area contributed by atoms with Crippen LogP contribution in [0.2, 0.25) is 0 Å². The summed E-state index contributed by atoms with van der Waals surface area (Å²) in [5, 5.41) is 16.1. The number of anilines is 2. The third kappa shape index (κ3) is 7.23. The van der Waals surface area contributed by atoms with Crippen molar-refractivity contribution < 1.29 is 28.8 Å². The van der Waals surface area contributed by atoms with Crippen molar-refractivity contribution in [1.29, 1.82) is 0 Å². The maximum absolute atomic E-state index is 12.0. The number of esters is 1. The van der Waals surface area contributed by atoms with E-state index in [2.05, 4.69) is 10.6 Å². The molecule has 0 fully saturated rings. The number of hydrogen-bond donors (Lipinski definition) is 2. The van der Waals surface area contributed by atoms with Crippen LogP contribution in [0.5, 0.6) is 5.75 Å². The van der Waals surface area contributed by atoms with Crippen LogP contribution in [0, 0.1) is 10.1 Å². The van der Waals surface area contributed by atoms with Crippen molar-refractivity contribution in [2.45, 2.75) is 19.3 Å². The van der Waals surface area contributed by atoms with Gasteiger partial charge in [0.15, 0.2) is 6.61 Å². The summed E-state index contributed by atoms with van der Waals surface area (Å²) < 4.78 is 9.83. The van der Waals surface area contributed by atoms with Crippen LogP contribution in [-0.4, -0.2) is 36.4 Å². The van der Waals surface area contributed by atoms with E-state index in [4.69, 9.17) is 9.47 Å². The summed E-state index contributed by atoms with van der Waals surface area (Å²) in [4.78, 5) is 45.9. The van der Waals surface area contributed by atoms with Gasteiger partial charge in [-0.25, -0.2) is 0 Å². The second-order valence-electron chi connectivity index (χ2n) is 6.12. The Balaban J connectivity index is 1.74. The van der Waals surface area contributed by atoms with Gasteiger partial charge < -0.3 is 20.1 Å². The molecule has 2 amide bonds. The van der Waals surface area contributed by atoms with E-state index in [1.807, 2.05) is 6.07 Å². The molecule has 2 aromatic rings. The molecule has 0 aliphatic carbocycles. The molecule has 2 N–H and O–H groups in total. The fourth-order valence-electron chi connectivity index (χ4n) is 2.44. The monoisotopic (exact) mass is 415 g/mol. The number of methoxy groups -OCH3 is 1. The van der Waals surface area contributed by atoms with Crippen LogP contribution in [0.3, 0.4) is 0 Å². The highest BCUT2D eigenvalue weighted by atomic mass is 16.6. The van der Waals surface area contributed by atoms with E-state index in [1.165, 1.54) is 25.3 Å². The first-order valence-corrected chi connectivity index (χ1v) is 9.02. The van der Waals surface area contributed by atoms with E-state index < -0.39 is 23.4 Å². The number of carbonyl (C=O) groups excluding carboxylic acids is 3. The van der Waals surface area contributed by atoms with Gasteiger partial charge >= 0.3 is 5.97 Å². The Morgan fingerprint density at radius 3 is 2.40 bits per heavy atom. The Hall–Kier alpha value is -3.95. The Kier molecular flexibility index (Phi) is 8.30. The molecule has 158 valence electrons. The highest BCUT2D eigenvalue weighted by Crippen LogP contribution is 2.28. The van der Waals surface area contributed by atoms with Gasteiger partial charge in [0.05, 0.1) is 12.0 Å². The van der Waals surface area contributed by atoms with E-state index in [1.54, 1.807) is 24.3 Å². The zero-order valence-corrected chi connectivity index (χ0v) is 16.3. The molecule has 0 aliphatic rings. The molecular formula is C20H21N3O7. The van der Waals surface area contributed by atoms with Crippen LogP contribution in [0.25, 0.3) is 0 Å². The average molecular weight is 415 g/mol. The second-order valence-corrected chi connectivity index (χ2v) is 6.12. The van der Waals surface area contributed by atoms with Gasteiger partial charge in [-0.1, -0.05) is 18.2 Å². The molecule has 0 saturated heterocycles. The molecule has 0 aliphatic heterocycles. The normalized spacial score (nSPS) is 10.0. The van der Waals surface area contributed by atoms with Gasteiger partial charge in [-0.05, 0) is 24.6 Å². The molecule has 0 heterocycles. The summed E-state index contributed by atoms with van der Waals surface area (Å²) in [5.41, 5.74) is 0.270. The number of nitrogens with one attached hydrogen (secondary N) is 2. The van der Waals surface area contributed by atoms with Crippen LogP contribution in [0.15, 0.2) is 48.5 Å². The molecule has 0 bridgehead atoms. The number of nitro benzene ring substituents is 1. The van der Waals surface area contributed by atoms with Gasteiger partial charge in [0.25, 0.3) is 11.6 Å². The maximum Gasteiger partial charge on any atom is 0.306 e. The van der Waals surface area contributed by atoms with Crippen molar-refractivity contribution in [3.05, 3.63) is 58.6 Å². The summed E-state index contributed by atoms with van der Waals surface area (Å²) in [5.74, 6) is -1.31. The summed E-state index contributed by atoms with van der Waals surface area (Å²) in [6.45, 7) is -0.608. The number of para-hydroxylation sites is 1. The van der Waals surface area contributed by atoms with Crippen LogP contribution in [0.1, 0.15) is 19.3 Å². The first-order valence-electron chi connectivity index (χ1n) is 9.02. The smallest absolute Gasteiger partial charge is 0.306 e. The molecule has 2 aromatic carbocycles. The zero-order chi connectivity index (χ0) is 21.9. The number of hydrogen-bond acceptors (Lipinski definition) is 7. The quantitative estimate of drug-likeness (QED) is 0.346. The number of nitrogens with zero attached hydrogens (tertiary/aromatic N) is 1. The number of nitro groups is 1. The third-order valence-electron chi connectivity index (χ3n) is 3.88. The van der Waals surface area contributed by atoms with E-state index in [9.17, 15) is 24.5 Å². The third-order valence-corrected chi connectivity index (χ3v) is 3.88. The van der Waals surface area contributed by atoms with Crippen molar-refractivity contribution in [2.75, 3.05) is 24.4 Å². The first-order chi connectivity index (χ1) is 14.4. The van der Waals surface area contributed by atoms with Crippen molar-refractivity contribution >= 4 is 34.8 Å². The van der Waals surface area contributed by atoms with Crippen molar-refractivity contribution in [2.24, 2.45) is 0 Å². The minimum atomic E-state index is -0.735. The predicted molar refractivity (Wildman–Crippen MR) is 108 cm³/mol. The number of benzene rings is 2. The van der Waals surface area contributed by atoms with E-state index in [0.29, 0.717) is 11.4 Å². The Labute approximate surface area is 172 Å².